The molecule has 10 heteroatoms. The molecule has 0 fully saturated rings. The second-order valence-corrected chi connectivity index (χ2v) is 7.89. The summed E-state index contributed by atoms with van der Waals surface area (Å²) in [6.45, 7) is 0.560. The van der Waals surface area contributed by atoms with Gasteiger partial charge in [0.15, 0.2) is 5.82 Å². The van der Waals surface area contributed by atoms with Crippen LogP contribution in [-0.2, 0) is 12.7 Å². The number of hydrogen-bond donors (Lipinski definition) is 2. The largest absolute Gasteiger partial charge is 0.439 e. The zero-order valence-corrected chi connectivity index (χ0v) is 18.0. The summed E-state index contributed by atoms with van der Waals surface area (Å²) in [5, 5.41) is 7.26. The summed E-state index contributed by atoms with van der Waals surface area (Å²) >= 11 is 0. The van der Waals surface area contributed by atoms with E-state index in [4.69, 9.17) is 0 Å². The topological polar surface area (TPSA) is 92.9 Å². The number of carbonyl (C=O) groups is 1. The van der Waals surface area contributed by atoms with E-state index in [1.54, 1.807) is 12.1 Å². The fourth-order valence-corrected chi connectivity index (χ4v) is 3.74. The minimum Gasteiger partial charge on any atom is -0.343 e. The fourth-order valence-electron chi connectivity index (χ4n) is 3.74. The molecule has 176 valence electrons. The molecule has 0 saturated heterocycles. The predicted molar refractivity (Wildman–Crippen MR) is 123 cm³/mol. The van der Waals surface area contributed by atoms with Crippen molar-refractivity contribution in [2.24, 2.45) is 0 Å². The van der Waals surface area contributed by atoms with Crippen LogP contribution in [0.5, 0.6) is 0 Å². The van der Waals surface area contributed by atoms with Gasteiger partial charge in [0.2, 0.25) is 0 Å². The Hall–Kier alpha value is -4.60. The van der Waals surface area contributed by atoms with Crippen molar-refractivity contribution in [3.05, 3.63) is 106 Å². The van der Waals surface area contributed by atoms with E-state index < -0.39 is 23.4 Å². The maximum absolute atomic E-state index is 12.7. The van der Waals surface area contributed by atoms with Crippen molar-refractivity contribution in [1.29, 1.82) is 0 Å². The monoisotopic (exact) mass is 478 g/mol. The number of alkyl halides is 3. The van der Waals surface area contributed by atoms with E-state index in [1.807, 2.05) is 47.2 Å². The lowest BCUT2D eigenvalue weighted by Crippen LogP contribution is -2.12. The molecule has 35 heavy (non-hydrogen) atoms. The first kappa shape index (κ1) is 22.2. The summed E-state index contributed by atoms with van der Waals surface area (Å²) in [6, 6.07) is 18.9. The van der Waals surface area contributed by atoms with Gasteiger partial charge in [0.05, 0.1) is 5.56 Å². The number of hydrogen-bond acceptors (Lipinski definition) is 4. The number of amides is 1. The fraction of sp³-hybridized carbons (Fsp3) is 0.0800. The number of nitrogens with zero attached hydrogens (tertiary/aromatic N) is 2. The number of halogens is 3. The smallest absolute Gasteiger partial charge is 0.343 e. The van der Waals surface area contributed by atoms with Gasteiger partial charge in [-0.25, -0.2) is 4.79 Å². The van der Waals surface area contributed by atoms with Gasteiger partial charge in [-0.15, -0.1) is 0 Å². The van der Waals surface area contributed by atoms with Gasteiger partial charge in [0, 0.05) is 40.5 Å². The predicted octanol–water partition coefficient (Wildman–Crippen LogP) is 5.30. The van der Waals surface area contributed by atoms with Crippen LogP contribution in [0, 0.1) is 0 Å². The molecule has 3 aromatic carbocycles. The first-order valence-electron chi connectivity index (χ1n) is 10.5. The Morgan fingerprint density at radius 1 is 1.00 bits per heavy atom. The molecule has 5 rings (SSSR count). The summed E-state index contributed by atoms with van der Waals surface area (Å²) in [4.78, 5) is 26.2. The van der Waals surface area contributed by atoms with Crippen LogP contribution < -0.4 is 11.1 Å². The average molecular weight is 478 g/mol. The van der Waals surface area contributed by atoms with Crippen LogP contribution in [0.25, 0.3) is 22.3 Å². The Bertz CT molecular complexity index is 1560. The van der Waals surface area contributed by atoms with Crippen molar-refractivity contribution in [2.75, 3.05) is 5.32 Å². The van der Waals surface area contributed by atoms with E-state index in [-0.39, 0.29) is 5.69 Å². The molecule has 5 aromatic rings. The van der Waals surface area contributed by atoms with E-state index in [9.17, 15) is 22.8 Å². The van der Waals surface area contributed by atoms with Crippen LogP contribution in [-0.4, -0.2) is 20.6 Å². The van der Waals surface area contributed by atoms with Crippen LogP contribution in [0.3, 0.4) is 0 Å². The molecule has 2 heterocycles. The summed E-state index contributed by atoms with van der Waals surface area (Å²) < 4.78 is 44.7. The lowest BCUT2D eigenvalue weighted by molar-refractivity contribution is -0.137. The van der Waals surface area contributed by atoms with Crippen molar-refractivity contribution in [3.63, 3.8) is 0 Å². The van der Waals surface area contributed by atoms with Gasteiger partial charge in [-0.05, 0) is 66.2 Å². The third kappa shape index (κ3) is 4.72. The molecule has 0 aliphatic rings. The first-order chi connectivity index (χ1) is 16.8. The standard InChI is InChI=1S/C25H17F3N4O3/c26-25(27,28)19-6-8-20(9-7-19)29-23(33)16-3-1-15(2-4-16)14-32-12-11-17-13-18(5-10-21(17)32)22-30-24(34)35-31-22/h1-13H,14H2,(H,29,33)(H,30,31,34). The van der Waals surface area contributed by atoms with Gasteiger partial charge in [-0.3, -0.25) is 14.3 Å². The molecule has 0 aliphatic carbocycles. The van der Waals surface area contributed by atoms with Crippen LogP contribution in [0.15, 0.2) is 88.3 Å². The van der Waals surface area contributed by atoms with E-state index in [2.05, 4.69) is 20.0 Å². The number of benzene rings is 3. The van der Waals surface area contributed by atoms with Gasteiger partial charge < -0.3 is 9.88 Å². The van der Waals surface area contributed by atoms with Crippen molar-refractivity contribution in [1.82, 2.24) is 14.7 Å². The molecule has 0 aliphatic heterocycles. The number of aromatic nitrogens is 3. The molecule has 0 radical (unpaired) electrons. The normalized spacial score (nSPS) is 11.6. The minimum atomic E-state index is -4.43. The van der Waals surface area contributed by atoms with E-state index in [1.165, 1.54) is 12.1 Å². The summed E-state index contributed by atoms with van der Waals surface area (Å²) in [6.07, 6.45) is -2.49. The Kier molecular flexibility index (Phi) is 5.48. The average Bonchev–Trinajstić information content (AvgIpc) is 3.45. The number of aromatic amines is 1. The van der Waals surface area contributed by atoms with Gasteiger partial charge in [-0.1, -0.05) is 17.3 Å². The minimum absolute atomic E-state index is 0.278. The zero-order valence-electron chi connectivity index (χ0n) is 18.0. The Balaban J connectivity index is 1.27. The number of fused-ring (bicyclic) bond motifs is 1. The third-order valence-corrected chi connectivity index (χ3v) is 5.52. The summed E-state index contributed by atoms with van der Waals surface area (Å²) in [7, 11) is 0. The molecule has 1 amide bonds. The van der Waals surface area contributed by atoms with Gasteiger partial charge in [0.1, 0.15) is 0 Å². The Labute approximate surface area is 195 Å². The second-order valence-electron chi connectivity index (χ2n) is 7.89. The number of nitrogens with one attached hydrogen (secondary N) is 2. The number of H-pyrrole nitrogens is 1. The molecule has 0 unspecified atom stereocenters. The molecule has 2 aromatic heterocycles. The van der Waals surface area contributed by atoms with Crippen LogP contribution in [0.2, 0.25) is 0 Å². The maximum atomic E-state index is 12.7. The van der Waals surface area contributed by atoms with Crippen molar-refractivity contribution in [3.8, 4) is 11.4 Å². The first-order valence-corrected chi connectivity index (χ1v) is 10.5. The molecule has 0 spiro atoms. The van der Waals surface area contributed by atoms with E-state index in [0.717, 1.165) is 34.2 Å². The maximum Gasteiger partial charge on any atom is 0.439 e. The number of carbonyl (C=O) groups excluding carboxylic acids is 1. The van der Waals surface area contributed by atoms with Crippen LogP contribution >= 0.6 is 0 Å². The number of rotatable bonds is 5. The second kappa shape index (κ2) is 8.64. The summed E-state index contributed by atoms with van der Waals surface area (Å²) in [5.74, 6) is -0.676. The molecule has 7 nitrogen and oxygen atoms in total. The van der Waals surface area contributed by atoms with Crippen molar-refractivity contribution < 1.29 is 22.5 Å². The van der Waals surface area contributed by atoms with E-state index >= 15 is 0 Å². The molecular formula is C25H17F3N4O3. The summed E-state index contributed by atoms with van der Waals surface area (Å²) in [5.41, 5.74) is 2.55. The van der Waals surface area contributed by atoms with Gasteiger partial charge in [0.25, 0.3) is 5.91 Å². The lowest BCUT2D eigenvalue weighted by Gasteiger charge is -2.10. The van der Waals surface area contributed by atoms with Crippen molar-refractivity contribution >= 4 is 22.5 Å². The highest BCUT2D eigenvalue weighted by atomic mass is 19.4. The Morgan fingerprint density at radius 2 is 1.74 bits per heavy atom. The zero-order chi connectivity index (χ0) is 24.6. The van der Waals surface area contributed by atoms with Gasteiger partial charge >= 0.3 is 11.9 Å². The molecule has 0 atom stereocenters. The molecule has 0 bridgehead atoms. The molecular weight excluding hydrogens is 461 g/mol. The molecule has 0 saturated carbocycles. The van der Waals surface area contributed by atoms with E-state index in [0.29, 0.717) is 17.9 Å². The highest BCUT2D eigenvalue weighted by Crippen LogP contribution is 2.30. The SMILES string of the molecule is O=C(Nc1ccc(C(F)(F)F)cc1)c1ccc(Cn2ccc3cc(-c4noc(=O)[nH]4)ccc32)cc1. The molecule has 2 N–H and O–H groups in total. The van der Waals surface area contributed by atoms with Gasteiger partial charge in [-0.2, -0.15) is 13.2 Å². The quantitative estimate of drug-likeness (QED) is 0.358. The van der Waals surface area contributed by atoms with Crippen LogP contribution in [0.4, 0.5) is 18.9 Å². The third-order valence-electron chi connectivity index (χ3n) is 5.52. The van der Waals surface area contributed by atoms with Crippen LogP contribution in [0.1, 0.15) is 21.5 Å². The number of anilines is 1. The lowest BCUT2D eigenvalue weighted by atomic mass is 10.1. The highest BCUT2D eigenvalue weighted by molar-refractivity contribution is 6.04. The Morgan fingerprint density at radius 3 is 2.40 bits per heavy atom. The van der Waals surface area contributed by atoms with Crippen molar-refractivity contribution in [2.45, 2.75) is 12.7 Å². The highest BCUT2D eigenvalue weighted by Gasteiger charge is 2.30.